The summed E-state index contributed by atoms with van der Waals surface area (Å²) in [6.07, 6.45) is 2.85. The molecule has 0 unspecified atom stereocenters. The van der Waals surface area contributed by atoms with Crippen LogP contribution in [0.25, 0.3) is 0 Å². The van der Waals surface area contributed by atoms with E-state index in [-0.39, 0.29) is 28.5 Å². The third-order valence-electron chi connectivity index (χ3n) is 6.52. The average molecular weight is 571 g/mol. The molecular formula is C33H29BrFOP. The molecule has 37 heavy (non-hydrogen) atoms. The zero-order valence-corrected chi connectivity index (χ0v) is 23.0. The van der Waals surface area contributed by atoms with Gasteiger partial charge in [-0.3, -0.25) is 0 Å². The Labute approximate surface area is 230 Å². The number of ether oxygens (including phenoxy) is 1. The van der Waals surface area contributed by atoms with Crippen molar-refractivity contribution in [3.8, 4) is 11.5 Å². The molecule has 5 rings (SSSR count). The molecule has 0 saturated carbocycles. The molecule has 1 nitrogen and oxygen atoms in total. The molecule has 186 valence electrons. The Morgan fingerprint density at radius 3 is 1.51 bits per heavy atom. The first kappa shape index (κ1) is 26.8. The Hall–Kier alpha value is -3.26. The average Bonchev–Trinajstić information content (AvgIpc) is 2.95. The minimum absolute atomic E-state index is 0. The van der Waals surface area contributed by atoms with Crippen LogP contribution in [0.5, 0.6) is 11.5 Å². The smallest absolute Gasteiger partial charge is 0.165 e. The lowest BCUT2D eigenvalue weighted by atomic mass is 10.1. The van der Waals surface area contributed by atoms with Crippen molar-refractivity contribution in [1.29, 1.82) is 0 Å². The summed E-state index contributed by atoms with van der Waals surface area (Å²) in [5.41, 5.74) is 1.08. The molecule has 0 saturated heterocycles. The lowest BCUT2D eigenvalue weighted by Gasteiger charge is -2.27. The van der Waals surface area contributed by atoms with Gasteiger partial charge >= 0.3 is 0 Å². The molecule has 0 N–H and O–H groups in total. The number of hydrogen-bond acceptors (Lipinski definition) is 1. The zero-order chi connectivity index (χ0) is 24.6. The Morgan fingerprint density at radius 2 is 1.03 bits per heavy atom. The zero-order valence-electron chi connectivity index (χ0n) is 20.5. The highest BCUT2D eigenvalue weighted by molar-refractivity contribution is 7.95. The predicted molar refractivity (Wildman–Crippen MR) is 151 cm³/mol. The fourth-order valence-corrected chi connectivity index (χ4v) is 9.14. The van der Waals surface area contributed by atoms with Crippen molar-refractivity contribution in [3.63, 3.8) is 0 Å². The number of benzene rings is 5. The second-order valence-corrected chi connectivity index (χ2v) is 12.4. The maximum absolute atomic E-state index is 14.5. The minimum Gasteiger partial charge on any atom is -1.00 e. The quantitative estimate of drug-likeness (QED) is 0.236. The molecular weight excluding hydrogens is 542 g/mol. The van der Waals surface area contributed by atoms with E-state index in [0.717, 1.165) is 24.6 Å². The fraction of sp³-hybridized carbons (Fsp3) is 0.0909. The summed E-state index contributed by atoms with van der Waals surface area (Å²) in [7, 11) is -1.87. The van der Waals surface area contributed by atoms with Gasteiger partial charge in [0.2, 0.25) is 0 Å². The summed E-state index contributed by atoms with van der Waals surface area (Å²) in [4.78, 5) is 0. The van der Waals surface area contributed by atoms with Gasteiger partial charge in [-0.15, -0.1) is 0 Å². The summed E-state index contributed by atoms with van der Waals surface area (Å²) in [6, 6.07) is 47.4. The molecule has 0 aliphatic rings. The van der Waals surface area contributed by atoms with Crippen LogP contribution in [0.3, 0.4) is 0 Å². The highest BCUT2D eigenvalue weighted by atomic mass is 79.9. The van der Waals surface area contributed by atoms with E-state index < -0.39 is 7.26 Å². The number of para-hydroxylation sites is 1. The minimum atomic E-state index is -1.87. The highest BCUT2D eigenvalue weighted by Crippen LogP contribution is 2.55. The standard InChI is InChI=1S/C33H29FOP.BrH/c34-32-24-23-27(26-33(32)35-28-15-5-1-6-16-28)14-13-25-36(29-17-7-2-8-18-29,30-19-9-3-10-20-30)31-21-11-4-12-22-31;/h1-12,15-24,26H,13-14,25H2;1H/q+1;/p-1. The largest absolute Gasteiger partial charge is 1.00 e. The maximum atomic E-state index is 14.5. The Balaban J connectivity index is 0.00000320. The third-order valence-corrected chi connectivity index (χ3v) is 11.0. The summed E-state index contributed by atoms with van der Waals surface area (Å²) in [6.45, 7) is 0. The molecule has 0 spiro atoms. The van der Waals surface area contributed by atoms with Crippen LogP contribution in [0.2, 0.25) is 0 Å². The molecule has 0 fully saturated rings. The van der Waals surface area contributed by atoms with E-state index in [1.165, 1.54) is 22.0 Å². The molecule has 0 amide bonds. The van der Waals surface area contributed by atoms with Crippen molar-refractivity contribution in [2.75, 3.05) is 6.16 Å². The Kier molecular flexibility index (Phi) is 9.28. The molecule has 0 atom stereocenters. The van der Waals surface area contributed by atoms with Crippen LogP contribution in [-0.4, -0.2) is 6.16 Å². The third kappa shape index (κ3) is 6.18. The van der Waals surface area contributed by atoms with Crippen LogP contribution in [-0.2, 0) is 6.42 Å². The SMILES string of the molecule is Fc1ccc(CCC[P+](c2ccccc2)(c2ccccc2)c2ccccc2)cc1Oc1ccccc1.[Br-]. The predicted octanol–water partition coefficient (Wildman–Crippen LogP) is 4.55. The number of rotatable bonds is 9. The van der Waals surface area contributed by atoms with Crippen LogP contribution >= 0.6 is 7.26 Å². The topological polar surface area (TPSA) is 9.23 Å². The molecule has 5 aromatic rings. The molecule has 5 aromatic carbocycles. The fourth-order valence-electron chi connectivity index (χ4n) is 4.80. The van der Waals surface area contributed by atoms with E-state index in [1.54, 1.807) is 0 Å². The van der Waals surface area contributed by atoms with Crippen LogP contribution in [0.1, 0.15) is 12.0 Å². The van der Waals surface area contributed by atoms with Crippen LogP contribution < -0.4 is 37.6 Å². The normalized spacial score (nSPS) is 10.9. The molecule has 0 heterocycles. The molecule has 0 aromatic heterocycles. The van der Waals surface area contributed by atoms with Crippen molar-refractivity contribution in [3.05, 3.63) is 151 Å². The van der Waals surface area contributed by atoms with Gasteiger partial charge in [0.05, 0.1) is 6.16 Å². The van der Waals surface area contributed by atoms with Crippen LogP contribution in [0.4, 0.5) is 4.39 Å². The summed E-state index contributed by atoms with van der Waals surface area (Å²) in [5.74, 6) is 0.562. The van der Waals surface area contributed by atoms with E-state index >= 15 is 0 Å². The second kappa shape index (κ2) is 12.8. The summed E-state index contributed by atoms with van der Waals surface area (Å²) >= 11 is 0. The summed E-state index contributed by atoms with van der Waals surface area (Å²) in [5, 5.41) is 4.15. The van der Waals surface area contributed by atoms with Crippen molar-refractivity contribution in [2.24, 2.45) is 0 Å². The van der Waals surface area contributed by atoms with E-state index in [2.05, 4.69) is 91.0 Å². The highest BCUT2D eigenvalue weighted by Gasteiger charge is 2.44. The lowest BCUT2D eigenvalue weighted by Crippen LogP contribution is -3.00. The molecule has 4 heteroatoms. The van der Waals surface area contributed by atoms with Crippen molar-refractivity contribution in [2.45, 2.75) is 12.8 Å². The summed E-state index contributed by atoms with van der Waals surface area (Å²) < 4.78 is 20.3. The van der Waals surface area contributed by atoms with Gasteiger partial charge in [-0.25, -0.2) is 4.39 Å². The van der Waals surface area contributed by atoms with Gasteiger partial charge < -0.3 is 21.7 Å². The number of hydrogen-bond donors (Lipinski definition) is 0. The van der Waals surface area contributed by atoms with Gasteiger partial charge in [-0.2, -0.15) is 0 Å². The number of halogens is 2. The van der Waals surface area contributed by atoms with Gasteiger partial charge in [-0.1, -0.05) is 78.9 Å². The van der Waals surface area contributed by atoms with E-state index in [0.29, 0.717) is 5.75 Å². The second-order valence-electron chi connectivity index (χ2n) is 8.82. The molecule has 0 aliphatic heterocycles. The van der Waals surface area contributed by atoms with Crippen LogP contribution in [0, 0.1) is 5.82 Å². The van der Waals surface area contributed by atoms with Crippen molar-refractivity contribution < 1.29 is 26.1 Å². The monoisotopic (exact) mass is 570 g/mol. The van der Waals surface area contributed by atoms with Gasteiger partial charge in [0.15, 0.2) is 11.6 Å². The number of aryl methyl sites for hydroxylation is 1. The van der Waals surface area contributed by atoms with E-state index in [4.69, 9.17) is 4.74 Å². The van der Waals surface area contributed by atoms with E-state index in [1.807, 2.05) is 42.5 Å². The van der Waals surface area contributed by atoms with Crippen LogP contribution in [0.15, 0.2) is 140 Å². The molecule has 0 bridgehead atoms. The van der Waals surface area contributed by atoms with Gasteiger partial charge in [0, 0.05) is 0 Å². The molecule has 0 aliphatic carbocycles. The van der Waals surface area contributed by atoms with Gasteiger partial charge in [0.1, 0.15) is 28.9 Å². The first-order valence-electron chi connectivity index (χ1n) is 12.3. The van der Waals surface area contributed by atoms with Crippen molar-refractivity contribution in [1.82, 2.24) is 0 Å². The lowest BCUT2D eigenvalue weighted by molar-refractivity contribution is -0.00000796. The first-order chi connectivity index (χ1) is 17.8. The van der Waals surface area contributed by atoms with Gasteiger partial charge in [-0.05, 0) is 79.1 Å². The van der Waals surface area contributed by atoms with E-state index in [9.17, 15) is 4.39 Å². The maximum Gasteiger partial charge on any atom is 0.165 e. The Morgan fingerprint density at radius 1 is 0.568 bits per heavy atom. The Bertz CT molecular complexity index is 1280. The van der Waals surface area contributed by atoms with Gasteiger partial charge in [0.25, 0.3) is 0 Å². The molecule has 0 radical (unpaired) electrons. The first-order valence-corrected chi connectivity index (χ1v) is 14.3. The van der Waals surface area contributed by atoms with Crippen molar-refractivity contribution >= 4 is 23.2 Å².